The zero-order valence-electron chi connectivity index (χ0n) is 24.3. The number of carbonyl (C=O) groups is 3. The molecule has 3 fully saturated rings. The summed E-state index contributed by atoms with van der Waals surface area (Å²) in [5, 5.41) is 46.3. The van der Waals surface area contributed by atoms with Gasteiger partial charge in [-0.3, -0.25) is 9.59 Å². The number of aliphatic hydroxyl groups excluding tert-OH is 2. The highest BCUT2D eigenvalue weighted by Crippen LogP contribution is 2.63. The third-order valence-corrected chi connectivity index (χ3v) is 10.1. The smallest absolute Gasteiger partial charge is 0.336 e. The molecule has 0 amide bonds. The van der Waals surface area contributed by atoms with Crippen molar-refractivity contribution in [3.8, 4) is 0 Å². The Balaban J connectivity index is 1.87. The summed E-state index contributed by atoms with van der Waals surface area (Å²) in [5.74, 6) is -4.41. The molecule has 4 N–H and O–H groups in total. The number of Topliss-reactive ketones (excluding diaryl/α,β-unsaturated/α-hetero) is 1. The third-order valence-electron chi connectivity index (χ3n) is 10.1. The lowest BCUT2D eigenvalue weighted by molar-refractivity contribution is -0.344. The van der Waals surface area contributed by atoms with E-state index in [4.69, 9.17) is 21.1 Å². The molecule has 10 nitrogen and oxygen atoms in total. The van der Waals surface area contributed by atoms with Gasteiger partial charge in [0.15, 0.2) is 6.10 Å². The first kappa shape index (κ1) is 30.8. The summed E-state index contributed by atoms with van der Waals surface area (Å²) in [4.78, 5) is 39.6. The van der Waals surface area contributed by atoms with Crippen molar-refractivity contribution in [2.24, 2.45) is 22.7 Å². The predicted molar refractivity (Wildman–Crippen MR) is 141 cm³/mol. The van der Waals surface area contributed by atoms with Crippen LogP contribution in [0.15, 0.2) is 22.8 Å². The summed E-state index contributed by atoms with van der Waals surface area (Å²) in [5.41, 5.74) is -4.62. The van der Waals surface area contributed by atoms with Crippen molar-refractivity contribution < 1.29 is 49.0 Å². The number of hydrogen-bond donors (Lipinski definition) is 4. The van der Waals surface area contributed by atoms with E-state index < -0.39 is 82.1 Å². The largest absolute Gasteiger partial charge is 0.459 e. The molecular weight excluding hydrogens is 520 g/mol. The predicted octanol–water partition coefficient (Wildman–Crippen LogP) is 1.45. The van der Waals surface area contributed by atoms with E-state index in [2.05, 4.69) is 0 Å². The lowest BCUT2D eigenvalue weighted by Crippen LogP contribution is -2.80. The molecule has 0 unspecified atom stereocenters. The van der Waals surface area contributed by atoms with Gasteiger partial charge in [0, 0.05) is 43.4 Å². The van der Waals surface area contributed by atoms with Gasteiger partial charge in [-0.1, -0.05) is 31.1 Å². The van der Waals surface area contributed by atoms with Crippen LogP contribution in [-0.4, -0.2) is 86.5 Å². The number of hydrogen-bond acceptors (Lipinski definition) is 10. The molecule has 40 heavy (non-hydrogen) atoms. The minimum absolute atomic E-state index is 0.00590. The number of ether oxygens (including phenoxy) is 3. The molecule has 10 heteroatoms. The lowest BCUT2D eigenvalue weighted by atomic mass is 9.45. The monoisotopic (exact) mass is 562 g/mol. The van der Waals surface area contributed by atoms with Gasteiger partial charge in [-0.15, -0.1) is 0 Å². The van der Waals surface area contributed by atoms with Gasteiger partial charge in [-0.2, -0.15) is 0 Å². The van der Waals surface area contributed by atoms with E-state index in [1.165, 1.54) is 6.08 Å². The molecule has 0 aromatic rings. The van der Waals surface area contributed by atoms with E-state index in [-0.39, 0.29) is 25.9 Å². The Kier molecular flexibility index (Phi) is 7.72. The van der Waals surface area contributed by atoms with Gasteiger partial charge in [0.2, 0.25) is 0 Å². The van der Waals surface area contributed by atoms with Crippen LogP contribution >= 0.6 is 0 Å². The first-order valence-electron chi connectivity index (χ1n) is 13.8. The number of aliphatic hydroxyl groups is 4. The average molecular weight is 563 g/mol. The van der Waals surface area contributed by atoms with E-state index in [0.717, 1.165) is 12.5 Å². The number of allylic oxidation sites excluding steroid dienone is 1. The van der Waals surface area contributed by atoms with Gasteiger partial charge in [0.25, 0.3) is 0 Å². The van der Waals surface area contributed by atoms with E-state index in [0.29, 0.717) is 11.1 Å². The first-order chi connectivity index (χ1) is 18.3. The molecule has 222 valence electrons. The number of rotatable bonds is 5. The Morgan fingerprint density at radius 3 is 2.30 bits per heavy atom. The molecule has 0 aromatic heterocycles. The van der Waals surface area contributed by atoms with Crippen molar-refractivity contribution in [2.45, 2.75) is 109 Å². The van der Waals surface area contributed by atoms with Crippen LogP contribution in [0.4, 0.5) is 0 Å². The summed E-state index contributed by atoms with van der Waals surface area (Å²) in [6.45, 7) is 17.2. The zero-order chi connectivity index (χ0) is 30.2. The van der Waals surface area contributed by atoms with Crippen molar-refractivity contribution in [2.75, 3.05) is 6.61 Å². The molecule has 2 bridgehead atoms. The second kappa shape index (κ2) is 10.0. The second-order valence-electron chi connectivity index (χ2n) is 13.0. The summed E-state index contributed by atoms with van der Waals surface area (Å²) in [7, 11) is 0. The maximum absolute atomic E-state index is 14.1. The van der Waals surface area contributed by atoms with E-state index >= 15 is 0 Å². The zero-order valence-corrected chi connectivity index (χ0v) is 24.3. The SMILES string of the molecule is [CH][C@@H](C=C(C)C)[C@@H](O)C(=O)O[C@H]1C[C@@]2(O)[C@@H](OC(C)=O)[C@@H]3[C@]4(O)CO[C@@H]4C[C@H](O)[C@@]3(C)C(=O)CC(=C1C)C2(C)C. The molecule has 1 aliphatic heterocycles. The Bertz CT molecular complexity index is 1150. The highest BCUT2D eigenvalue weighted by Gasteiger charge is 2.75. The van der Waals surface area contributed by atoms with Crippen LogP contribution in [0.3, 0.4) is 0 Å². The molecule has 0 spiro atoms. The van der Waals surface area contributed by atoms with Crippen LogP contribution in [0.5, 0.6) is 0 Å². The van der Waals surface area contributed by atoms with Gasteiger partial charge >= 0.3 is 11.9 Å². The summed E-state index contributed by atoms with van der Waals surface area (Å²) in [6, 6.07) is 0. The topological polar surface area (TPSA) is 160 Å². The second-order valence-corrected chi connectivity index (χ2v) is 13.0. The van der Waals surface area contributed by atoms with Crippen LogP contribution in [-0.2, 0) is 28.6 Å². The fourth-order valence-corrected chi connectivity index (χ4v) is 7.46. The van der Waals surface area contributed by atoms with E-state index in [1.54, 1.807) is 41.5 Å². The van der Waals surface area contributed by atoms with Gasteiger partial charge in [-0.25, -0.2) is 4.79 Å². The highest BCUT2D eigenvalue weighted by molar-refractivity contribution is 5.89. The third kappa shape index (κ3) is 4.38. The quantitative estimate of drug-likeness (QED) is 0.285. The molecule has 10 atom stereocenters. The van der Waals surface area contributed by atoms with Crippen LogP contribution < -0.4 is 0 Å². The van der Waals surface area contributed by atoms with Crippen LogP contribution in [0.25, 0.3) is 0 Å². The van der Waals surface area contributed by atoms with Crippen LogP contribution in [0, 0.1) is 29.6 Å². The van der Waals surface area contributed by atoms with Crippen molar-refractivity contribution in [1.29, 1.82) is 0 Å². The van der Waals surface area contributed by atoms with Gasteiger partial charge in [-0.05, 0) is 40.2 Å². The Morgan fingerprint density at radius 2 is 1.77 bits per heavy atom. The molecule has 2 saturated carbocycles. The van der Waals surface area contributed by atoms with E-state index in [1.807, 2.05) is 0 Å². The van der Waals surface area contributed by atoms with E-state index in [9.17, 15) is 34.8 Å². The molecule has 2 radical (unpaired) electrons. The van der Waals surface area contributed by atoms with Crippen molar-refractivity contribution in [3.05, 3.63) is 29.7 Å². The molecule has 3 aliphatic carbocycles. The fourth-order valence-electron chi connectivity index (χ4n) is 7.46. The Hall–Kier alpha value is -2.11. The number of carbonyl (C=O) groups excluding carboxylic acids is 3. The summed E-state index contributed by atoms with van der Waals surface area (Å²) < 4.78 is 17.1. The average Bonchev–Trinajstić information content (AvgIpc) is 2.84. The van der Waals surface area contributed by atoms with Gasteiger partial charge in [0.05, 0.1) is 24.2 Å². The molecule has 0 aromatic carbocycles. The van der Waals surface area contributed by atoms with Gasteiger partial charge < -0.3 is 34.6 Å². The summed E-state index contributed by atoms with van der Waals surface area (Å²) in [6.07, 6.45) is -5.25. The van der Waals surface area contributed by atoms with Crippen LogP contribution in [0.1, 0.15) is 67.7 Å². The fraction of sp³-hybridized carbons (Fsp3) is 0.733. The summed E-state index contributed by atoms with van der Waals surface area (Å²) >= 11 is 0. The molecule has 1 saturated heterocycles. The lowest BCUT2D eigenvalue weighted by Gasteiger charge is -2.66. The molecule has 4 rings (SSSR count). The normalized spacial score (nSPS) is 41.7. The Labute approximate surface area is 235 Å². The highest BCUT2D eigenvalue weighted by atomic mass is 16.6. The number of ketones is 1. The number of fused-ring (bicyclic) bond motifs is 5. The maximum Gasteiger partial charge on any atom is 0.336 e. The van der Waals surface area contributed by atoms with Gasteiger partial charge in [0.1, 0.15) is 29.2 Å². The van der Waals surface area contributed by atoms with Crippen LogP contribution in [0.2, 0.25) is 0 Å². The minimum atomic E-state index is -1.97. The minimum Gasteiger partial charge on any atom is -0.459 e. The van der Waals surface area contributed by atoms with Crippen molar-refractivity contribution in [1.82, 2.24) is 0 Å². The molecule has 1 heterocycles. The first-order valence-corrected chi connectivity index (χ1v) is 13.8. The molecular formula is C30H42O10. The Morgan fingerprint density at radius 1 is 1.15 bits per heavy atom. The standard InChI is InChI=1S/C30H42O10/c1-14(2)9-15(3)23(34)26(35)40-19-12-30(37)25(39-17(5)31)24-28(8,21(33)11-22-29(24,36)13-38-22)20(32)10-18(16(19)4)27(30,6)7/h3,9,15,19,21-25,33-34,36-37H,10-13H2,1-2,4-8H3/t15-,19-,21-,22+,23+,24-,25-,28+,29-,30+/m0/s1. The van der Waals surface area contributed by atoms with Crippen molar-refractivity contribution >= 4 is 17.7 Å². The maximum atomic E-state index is 14.1. The number of esters is 2. The van der Waals surface area contributed by atoms with Crippen molar-refractivity contribution in [3.63, 3.8) is 0 Å². The molecule has 4 aliphatic rings.